The number of aliphatic hydroxyl groups excluding tert-OH is 1. The molecule has 0 heterocycles. The number of aliphatic hydroxyl groups is 1. The van der Waals surface area contributed by atoms with Crippen LogP contribution in [-0.4, -0.2) is 40.8 Å². The van der Waals surface area contributed by atoms with Gasteiger partial charge >= 0.3 is 18.2 Å². The summed E-state index contributed by atoms with van der Waals surface area (Å²) in [7, 11) is 0. The van der Waals surface area contributed by atoms with Gasteiger partial charge in [-0.3, -0.25) is 9.69 Å². The van der Waals surface area contributed by atoms with Crippen molar-refractivity contribution in [2.24, 2.45) is 0 Å². The predicted octanol–water partition coefficient (Wildman–Crippen LogP) is 6.93. The third-order valence-electron chi connectivity index (χ3n) is 7.35. The summed E-state index contributed by atoms with van der Waals surface area (Å²) in [5.41, 5.74) is 1.60. The van der Waals surface area contributed by atoms with Gasteiger partial charge in [0.2, 0.25) is 0 Å². The zero-order valence-corrected chi connectivity index (χ0v) is 24.6. The first-order valence-electron chi connectivity index (χ1n) is 13.8. The van der Waals surface area contributed by atoms with Crippen molar-refractivity contribution in [2.45, 2.75) is 56.8 Å². The van der Waals surface area contributed by atoms with Crippen LogP contribution in [0.25, 0.3) is 0 Å². The number of benzene rings is 3. The fourth-order valence-corrected chi connectivity index (χ4v) is 5.45. The van der Waals surface area contributed by atoms with E-state index in [-0.39, 0.29) is 22.3 Å². The number of aliphatic carboxylic acids is 1. The third-order valence-corrected chi connectivity index (χ3v) is 8.04. The molecule has 8 nitrogen and oxygen atoms in total. The van der Waals surface area contributed by atoms with Crippen molar-refractivity contribution in [1.82, 2.24) is 5.32 Å². The first kappa shape index (κ1) is 32.0. The van der Waals surface area contributed by atoms with E-state index in [1.54, 1.807) is 12.1 Å². The summed E-state index contributed by atoms with van der Waals surface area (Å²) in [6, 6.07) is 16.6. The largest absolute Gasteiger partial charge is 0.479 e. The maximum Gasteiger partial charge on any atom is 0.417 e. The number of anilines is 2. The first-order chi connectivity index (χ1) is 20.4. The van der Waals surface area contributed by atoms with Crippen LogP contribution in [0.5, 0.6) is 0 Å². The van der Waals surface area contributed by atoms with Gasteiger partial charge in [0.25, 0.3) is 5.91 Å². The van der Waals surface area contributed by atoms with Crippen LogP contribution in [0, 0.1) is 0 Å². The number of urea groups is 1. The van der Waals surface area contributed by atoms with E-state index in [4.69, 9.17) is 5.11 Å². The van der Waals surface area contributed by atoms with Crippen LogP contribution >= 0.6 is 15.9 Å². The van der Waals surface area contributed by atoms with Gasteiger partial charge in [0.1, 0.15) is 0 Å². The minimum absolute atomic E-state index is 0.0279. The second-order valence-corrected chi connectivity index (χ2v) is 11.3. The minimum atomic E-state index is -4.62. The molecule has 4 rings (SSSR count). The number of carbonyl (C=O) groups is 3. The van der Waals surface area contributed by atoms with Gasteiger partial charge in [-0.1, -0.05) is 59.5 Å². The van der Waals surface area contributed by atoms with E-state index in [2.05, 4.69) is 26.6 Å². The van der Waals surface area contributed by atoms with Crippen molar-refractivity contribution >= 4 is 45.2 Å². The Kier molecular flexibility index (Phi) is 10.5. The summed E-state index contributed by atoms with van der Waals surface area (Å²) in [6.45, 7) is -0.427. The predicted molar refractivity (Wildman–Crippen MR) is 159 cm³/mol. The fraction of sp³-hybridized carbons (Fsp3) is 0.323. The maximum absolute atomic E-state index is 13.5. The van der Waals surface area contributed by atoms with Crippen LogP contribution in [0.4, 0.5) is 29.3 Å². The second-order valence-electron chi connectivity index (χ2n) is 10.4. The Morgan fingerprint density at radius 2 is 1.60 bits per heavy atom. The molecule has 0 unspecified atom stereocenters. The first-order valence-corrected chi connectivity index (χ1v) is 14.5. The molecule has 228 valence electrons. The van der Waals surface area contributed by atoms with E-state index in [1.807, 2.05) is 24.3 Å². The molecule has 3 aromatic carbocycles. The van der Waals surface area contributed by atoms with Crippen molar-refractivity contribution in [2.75, 3.05) is 16.8 Å². The number of hydrogen-bond donors (Lipinski definition) is 4. The van der Waals surface area contributed by atoms with E-state index in [0.717, 1.165) is 18.9 Å². The molecule has 0 aromatic heterocycles. The molecule has 1 aliphatic rings. The van der Waals surface area contributed by atoms with E-state index < -0.39 is 42.3 Å². The van der Waals surface area contributed by atoms with Gasteiger partial charge in [0, 0.05) is 21.4 Å². The molecule has 0 bridgehead atoms. The molecular weight excluding hydrogens is 631 g/mol. The Hall–Kier alpha value is -3.90. The number of halogens is 4. The summed E-state index contributed by atoms with van der Waals surface area (Å²) < 4.78 is 40.2. The lowest BCUT2D eigenvalue weighted by atomic mass is 9.84. The Morgan fingerprint density at radius 1 is 0.953 bits per heavy atom. The highest BCUT2D eigenvalue weighted by Gasteiger charge is 2.33. The van der Waals surface area contributed by atoms with Gasteiger partial charge in [0.05, 0.1) is 18.7 Å². The van der Waals surface area contributed by atoms with Gasteiger partial charge in [0.15, 0.2) is 6.10 Å². The smallest absolute Gasteiger partial charge is 0.417 e. The van der Waals surface area contributed by atoms with Gasteiger partial charge in [-0.25, -0.2) is 9.59 Å². The molecule has 43 heavy (non-hydrogen) atoms. The molecule has 3 amide bonds. The van der Waals surface area contributed by atoms with Crippen LogP contribution in [0.15, 0.2) is 71.2 Å². The van der Waals surface area contributed by atoms with Crippen molar-refractivity contribution in [3.8, 4) is 0 Å². The highest BCUT2D eigenvalue weighted by molar-refractivity contribution is 9.10. The molecule has 0 aliphatic heterocycles. The zero-order chi connectivity index (χ0) is 31.1. The minimum Gasteiger partial charge on any atom is -0.479 e. The zero-order valence-electron chi connectivity index (χ0n) is 23.0. The van der Waals surface area contributed by atoms with Gasteiger partial charge in [-0.05, 0) is 72.4 Å². The molecule has 0 saturated heterocycles. The molecule has 0 radical (unpaired) electrons. The average Bonchev–Trinajstić information content (AvgIpc) is 2.99. The average molecular weight is 663 g/mol. The monoisotopic (exact) mass is 661 g/mol. The van der Waals surface area contributed by atoms with Gasteiger partial charge in [-0.2, -0.15) is 13.2 Å². The van der Waals surface area contributed by atoms with E-state index in [0.29, 0.717) is 17.2 Å². The lowest BCUT2D eigenvalue weighted by Gasteiger charge is -2.26. The third kappa shape index (κ3) is 8.57. The van der Waals surface area contributed by atoms with Crippen LogP contribution in [-0.2, 0) is 17.5 Å². The Balaban J connectivity index is 1.55. The number of hydrogen-bond acceptors (Lipinski definition) is 4. The molecule has 0 spiro atoms. The van der Waals surface area contributed by atoms with Crippen molar-refractivity contribution < 1.29 is 37.8 Å². The standard InChI is InChI=1S/C31H31BrF3N3O5/c32-26-15-12-23(16-25(26)31(33,34)35)37-30(43)38(24-13-10-21(11-14-24)20-4-2-1-3-5-20)18-19-6-8-22(9-7-19)28(40)36-17-27(39)29(41)42/h6-16,20,27,39H,1-5,17-18H2,(H,36,40)(H,37,43)(H,41,42)/t27-/m1/s1. The van der Waals surface area contributed by atoms with E-state index >= 15 is 0 Å². The van der Waals surface area contributed by atoms with E-state index in [9.17, 15) is 32.7 Å². The topological polar surface area (TPSA) is 119 Å². The quantitative estimate of drug-likeness (QED) is 0.198. The highest BCUT2D eigenvalue weighted by Crippen LogP contribution is 2.37. The summed E-state index contributed by atoms with van der Waals surface area (Å²) in [6.07, 6.45) is -0.594. The molecule has 12 heteroatoms. The van der Waals surface area contributed by atoms with E-state index in [1.165, 1.54) is 54.0 Å². The maximum atomic E-state index is 13.5. The summed E-state index contributed by atoms with van der Waals surface area (Å²) in [5, 5.41) is 23.1. The number of nitrogens with one attached hydrogen (secondary N) is 2. The van der Waals surface area contributed by atoms with Crippen LogP contribution in [0.2, 0.25) is 0 Å². The Labute approximate surface area is 255 Å². The number of amides is 3. The van der Waals surface area contributed by atoms with Gasteiger partial charge in [-0.15, -0.1) is 0 Å². The SMILES string of the molecule is O=C(NC[C@@H](O)C(=O)O)c1ccc(CN(C(=O)Nc2ccc(Br)c(C(F)(F)F)c2)c2ccc(C3CCCCC3)cc2)cc1. The second kappa shape index (κ2) is 14.0. The summed E-state index contributed by atoms with van der Waals surface area (Å²) in [5.74, 6) is -1.60. The molecular formula is C31H31BrF3N3O5. The normalized spacial score (nSPS) is 14.5. The summed E-state index contributed by atoms with van der Waals surface area (Å²) in [4.78, 5) is 38.0. The van der Waals surface area contributed by atoms with Crippen LogP contribution < -0.4 is 15.5 Å². The number of nitrogens with zero attached hydrogens (tertiary/aromatic N) is 1. The number of carbonyl (C=O) groups excluding carboxylic acids is 2. The highest BCUT2D eigenvalue weighted by atomic mass is 79.9. The number of carboxylic acids is 1. The lowest BCUT2D eigenvalue weighted by Crippen LogP contribution is -2.36. The van der Waals surface area contributed by atoms with Crippen molar-refractivity contribution in [3.63, 3.8) is 0 Å². The number of alkyl halides is 3. The summed E-state index contributed by atoms with van der Waals surface area (Å²) >= 11 is 2.91. The van der Waals surface area contributed by atoms with Crippen LogP contribution in [0.3, 0.4) is 0 Å². The molecule has 1 atom stereocenters. The van der Waals surface area contributed by atoms with Gasteiger partial charge < -0.3 is 20.8 Å². The molecule has 1 saturated carbocycles. The Bertz CT molecular complexity index is 1440. The van der Waals surface area contributed by atoms with Crippen LogP contribution in [0.1, 0.15) is 65.1 Å². The molecule has 4 N–H and O–H groups in total. The van der Waals surface area contributed by atoms with Crippen molar-refractivity contribution in [1.29, 1.82) is 0 Å². The Morgan fingerprint density at radius 3 is 2.21 bits per heavy atom. The fourth-order valence-electron chi connectivity index (χ4n) is 4.98. The molecule has 3 aromatic rings. The lowest BCUT2D eigenvalue weighted by molar-refractivity contribution is -0.146. The number of carboxylic acid groups (broad SMARTS) is 1. The number of rotatable bonds is 9. The molecule has 1 aliphatic carbocycles. The van der Waals surface area contributed by atoms with Crippen molar-refractivity contribution in [3.05, 3.63) is 93.5 Å². The molecule has 1 fully saturated rings.